The smallest absolute Gasteiger partial charge is 0.246 e. The number of benzene rings is 1. The molecule has 1 atom stereocenters. The number of nitrogens with zero attached hydrogens (tertiary/aromatic N) is 4. The number of nitrogens with two attached hydrogens (primary N) is 1. The summed E-state index contributed by atoms with van der Waals surface area (Å²) < 4.78 is 41.2. The van der Waals surface area contributed by atoms with Gasteiger partial charge in [-0.3, -0.25) is 4.79 Å². The van der Waals surface area contributed by atoms with E-state index in [-0.39, 0.29) is 29.3 Å². The van der Waals surface area contributed by atoms with Crippen molar-refractivity contribution in [3.8, 4) is 23.3 Å². The molecular formula is C23H21F2N5O3. The zero-order valence-corrected chi connectivity index (χ0v) is 18.1. The number of nitrogen functional groups attached to an aromatic ring is 1. The van der Waals surface area contributed by atoms with Gasteiger partial charge in [0.05, 0.1) is 31.2 Å². The van der Waals surface area contributed by atoms with Crippen LogP contribution in [0, 0.1) is 23.5 Å². The summed E-state index contributed by atoms with van der Waals surface area (Å²) in [6.45, 7) is 4.55. The lowest BCUT2D eigenvalue weighted by molar-refractivity contribution is -0.125. The fourth-order valence-electron chi connectivity index (χ4n) is 3.90. The highest BCUT2D eigenvalue weighted by Gasteiger charge is 2.28. The molecule has 0 aliphatic carbocycles. The number of likely N-dealkylation sites (tertiary alicyclic amines) is 1. The summed E-state index contributed by atoms with van der Waals surface area (Å²) in [7, 11) is 2.53. The van der Waals surface area contributed by atoms with Gasteiger partial charge in [0.1, 0.15) is 23.4 Å². The van der Waals surface area contributed by atoms with Crippen molar-refractivity contribution in [2.45, 2.75) is 12.5 Å². The van der Waals surface area contributed by atoms with Crippen LogP contribution in [0.5, 0.6) is 11.5 Å². The first-order valence-corrected chi connectivity index (χ1v) is 10.0. The van der Waals surface area contributed by atoms with Crippen molar-refractivity contribution >= 4 is 22.8 Å². The van der Waals surface area contributed by atoms with Crippen molar-refractivity contribution in [1.82, 2.24) is 19.4 Å². The van der Waals surface area contributed by atoms with Crippen LogP contribution in [0.3, 0.4) is 0 Å². The standard InChI is InChI=1S/C23H21F2N5O3/c1-4-18(31)29-8-7-14(11-29)30-10-13(19-22(26)27-12-28-23(19)30)5-6-15-20(24)16(32-2)9-17(33-3)21(15)25/h4,9-10,12,14H,1,7-8,11H2,2-3H3,(H2,26,27,28). The molecule has 3 aromatic rings. The number of methoxy groups -OCH3 is 2. The van der Waals surface area contributed by atoms with Gasteiger partial charge >= 0.3 is 0 Å². The van der Waals surface area contributed by atoms with Crippen LogP contribution in [-0.2, 0) is 4.79 Å². The Kier molecular flexibility index (Phi) is 5.87. The molecular weight excluding hydrogens is 432 g/mol. The molecule has 4 rings (SSSR count). The molecule has 2 aromatic heterocycles. The molecule has 0 bridgehead atoms. The molecule has 33 heavy (non-hydrogen) atoms. The number of fused-ring (bicyclic) bond motifs is 1. The van der Waals surface area contributed by atoms with Gasteiger partial charge in [-0.25, -0.2) is 18.7 Å². The summed E-state index contributed by atoms with van der Waals surface area (Å²) in [6.07, 6.45) is 5.01. The van der Waals surface area contributed by atoms with Gasteiger partial charge in [0, 0.05) is 25.4 Å². The van der Waals surface area contributed by atoms with E-state index in [9.17, 15) is 13.6 Å². The summed E-state index contributed by atoms with van der Waals surface area (Å²) in [6, 6.07) is 1.04. The Morgan fingerprint density at radius 2 is 1.94 bits per heavy atom. The third-order valence-electron chi connectivity index (χ3n) is 5.58. The van der Waals surface area contributed by atoms with E-state index in [4.69, 9.17) is 15.2 Å². The Morgan fingerprint density at radius 3 is 2.58 bits per heavy atom. The van der Waals surface area contributed by atoms with Gasteiger partial charge in [-0.05, 0) is 12.5 Å². The van der Waals surface area contributed by atoms with E-state index in [2.05, 4.69) is 28.4 Å². The minimum Gasteiger partial charge on any atom is -0.493 e. The summed E-state index contributed by atoms with van der Waals surface area (Å²) in [5, 5.41) is 0.467. The zero-order chi connectivity index (χ0) is 23.7. The van der Waals surface area contributed by atoms with Crippen molar-refractivity contribution < 1.29 is 23.0 Å². The largest absolute Gasteiger partial charge is 0.493 e. The molecule has 10 heteroatoms. The summed E-state index contributed by atoms with van der Waals surface area (Å²) in [5.41, 5.74) is 6.52. The molecule has 3 heterocycles. The maximum atomic E-state index is 14.7. The highest BCUT2D eigenvalue weighted by Crippen LogP contribution is 2.32. The van der Waals surface area contributed by atoms with Crippen molar-refractivity contribution in [3.05, 3.63) is 54.0 Å². The lowest BCUT2D eigenvalue weighted by Gasteiger charge is -2.15. The summed E-state index contributed by atoms with van der Waals surface area (Å²) in [5.74, 6) is 3.11. The number of ether oxygens (including phenoxy) is 2. The van der Waals surface area contributed by atoms with E-state index < -0.39 is 17.2 Å². The van der Waals surface area contributed by atoms with Crippen LogP contribution in [0.25, 0.3) is 11.0 Å². The molecule has 1 amide bonds. The maximum Gasteiger partial charge on any atom is 0.246 e. The van der Waals surface area contributed by atoms with E-state index in [1.54, 1.807) is 11.1 Å². The van der Waals surface area contributed by atoms with Crippen LogP contribution in [-0.4, -0.2) is 52.7 Å². The van der Waals surface area contributed by atoms with E-state index >= 15 is 0 Å². The molecule has 1 saturated heterocycles. The molecule has 1 aliphatic heterocycles. The first-order valence-electron chi connectivity index (χ1n) is 10.0. The van der Waals surface area contributed by atoms with Gasteiger partial charge in [0.25, 0.3) is 0 Å². The SMILES string of the molecule is C=CC(=O)N1CCC(n2cc(C#Cc3c(F)c(OC)cc(OC)c3F)c3c(N)ncnc32)C1. The van der Waals surface area contributed by atoms with Crippen molar-refractivity contribution in [1.29, 1.82) is 0 Å². The number of amides is 1. The summed E-state index contributed by atoms with van der Waals surface area (Å²) >= 11 is 0. The van der Waals surface area contributed by atoms with Crippen LogP contribution in [0.15, 0.2) is 31.2 Å². The topological polar surface area (TPSA) is 95.5 Å². The molecule has 0 spiro atoms. The number of rotatable bonds is 4. The van der Waals surface area contributed by atoms with Gasteiger partial charge in [0.15, 0.2) is 23.1 Å². The lowest BCUT2D eigenvalue weighted by Crippen LogP contribution is -2.27. The van der Waals surface area contributed by atoms with Gasteiger partial charge in [-0.2, -0.15) is 0 Å². The zero-order valence-electron chi connectivity index (χ0n) is 18.1. The number of carbonyl (C=O) groups is 1. The fourth-order valence-corrected chi connectivity index (χ4v) is 3.90. The third kappa shape index (κ3) is 3.82. The second kappa shape index (κ2) is 8.78. The minimum absolute atomic E-state index is 0.0772. The van der Waals surface area contributed by atoms with Crippen molar-refractivity contribution in [3.63, 3.8) is 0 Å². The second-order valence-corrected chi connectivity index (χ2v) is 7.37. The molecule has 1 unspecified atom stereocenters. The second-order valence-electron chi connectivity index (χ2n) is 7.37. The molecule has 170 valence electrons. The predicted molar refractivity (Wildman–Crippen MR) is 118 cm³/mol. The Hall–Kier alpha value is -4.13. The Balaban J connectivity index is 1.82. The number of aromatic nitrogens is 3. The number of hydrogen-bond donors (Lipinski definition) is 1. The van der Waals surface area contributed by atoms with Gasteiger partial charge in [-0.1, -0.05) is 18.4 Å². The van der Waals surface area contributed by atoms with Crippen molar-refractivity contribution in [2.75, 3.05) is 33.0 Å². The maximum absolute atomic E-state index is 14.7. The Labute approximate surface area is 188 Å². The number of carbonyl (C=O) groups excluding carboxylic acids is 1. The fraction of sp³-hybridized carbons (Fsp3) is 0.261. The third-order valence-corrected chi connectivity index (χ3v) is 5.58. The quantitative estimate of drug-likeness (QED) is 0.482. The van der Waals surface area contributed by atoms with Crippen molar-refractivity contribution in [2.24, 2.45) is 0 Å². The first-order chi connectivity index (χ1) is 15.9. The molecule has 1 aliphatic rings. The highest BCUT2D eigenvalue weighted by atomic mass is 19.1. The molecule has 1 aromatic carbocycles. The Morgan fingerprint density at radius 1 is 1.24 bits per heavy atom. The monoisotopic (exact) mass is 453 g/mol. The summed E-state index contributed by atoms with van der Waals surface area (Å²) in [4.78, 5) is 22.0. The average molecular weight is 453 g/mol. The Bertz CT molecular complexity index is 1300. The van der Waals surface area contributed by atoms with E-state index in [1.807, 2.05) is 4.57 Å². The number of hydrogen-bond acceptors (Lipinski definition) is 6. The number of anilines is 1. The van der Waals surface area contributed by atoms with Crippen LogP contribution in [0.1, 0.15) is 23.6 Å². The molecule has 1 fully saturated rings. The lowest BCUT2D eigenvalue weighted by atomic mass is 10.1. The van der Waals surface area contributed by atoms with E-state index in [0.29, 0.717) is 36.1 Å². The van der Waals surface area contributed by atoms with E-state index in [1.165, 1.54) is 26.6 Å². The molecule has 8 nitrogen and oxygen atoms in total. The minimum atomic E-state index is -0.939. The highest BCUT2D eigenvalue weighted by molar-refractivity contribution is 5.92. The van der Waals surface area contributed by atoms with Gasteiger partial charge in [-0.15, -0.1) is 0 Å². The van der Waals surface area contributed by atoms with Gasteiger partial charge < -0.3 is 24.7 Å². The van der Waals surface area contributed by atoms with Gasteiger partial charge in [0.2, 0.25) is 5.91 Å². The average Bonchev–Trinajstić information content (AvgIpc) is 3.44. The normalized spacial score (nSPS) is 15.3. The van der Waals surface area contributed by atoms with Crippen LogP contribution in [0.2, 0.25) is 0 Å². The van der Waals surface area contributed by atoms with Crippen LogP contribution in [0.4, 0.5) is 14.6 Å². The predicted octanol–water partition coefficient (Wildman–Crippen LogP) is 2.67. The van der Waals surface area contributed by atoms with Crippen LogP contribution >= 0.6 is 0 Å². The molecule has 2 N–H and O–H groups in total. The number of halogens is 2. The molecule has 0 radical (unpaired) electrons. The van der Waals surface area contributed by atoms with E-state index in [0.717, 1.165) is 6.07 Å². The first kappa shape index (κ1) is 22.1. The van der Waals surface area contributed by atoms with Crippen LogP contribution < -0.4 is 15.2 Å². The molecule has 0 saturated carbocycles.